The van der Waals surface area contributed by atoms with Crippen LogP contribution in [0.25, 0.3) is 11.1 Å². The van der Waals surface area contributed by atoms with E-state index in [0.717, 1.165) is 41.5 Å². The second-order valence-electron chi connectivity index (χ2n) is 9.84. The molecule has 2 N–H and O–H groups in total. The Hall–Kier alpha value is -2.93. The number of halogens is 1. The predicted molar refractivity (Wildman–Crippen MR) is 123 cm³/mol. The van der Waals surface area contributed by atoms with Gasteiger partial charge in [-0.25, -0.2) is 9.38 Å². The number of carbonyl (C=O) groups excluding carboxylic acids is 1. The second-order valence-corrected chi connectivity index (χ2v) is 9.84. The molecule has 4 aliphatic rings. The van der Waals surface area contributed by atoms with E-state index in [1.807, 2.05) is 24.3 Å². The van der Waals surface area contributed by atoms with Crippen molar-refractivity contribution in [2.75, 3.05) is 20.3 Å². The van der Waals surface area contributed by atoms with Crippen LogP contribution < -0.4 is 10.5 Å². The molecule has 3 heterocycles. The molecule has 1 saturated carbocycles. The minimum Gasteiger partial charge on any atom is -0.487 e. The lowest BCUT2D eigenvalue weighted by molar-refractivity contribution is -0.137. The van der Waals surface area contributed by atoms with Gasteiger partial charge in [0.15, 0.2) is 11.5 Å². The summed E-state index contributed by atoms with van der Waals surface area (Å²) >= 11 is 0. The number of nitrogens with zero attached hydrogens (tertiary/aromatic N) is 2. The van der Waals surface area contributed by atoms with Crippen LogP contribution in [0.5, 0.6) is 5.75 Å². The number of likely N-dealkylation sites (N-methyl/N-ethyl adjacent to an activating group) is 1. The molecule has 2 fully saturated rings. The van der Waals surface area contributed by atoms with Crippen LogP contribution in [-0.2, 0) is 15.1 Å². The maximum atomic E-state index is 14.5. The summed E-state index contributed by atoms with van der Waals surface area (Å²) in [5.41, 5.74) is 7.86. The summed E-state index contributed by atoms with van der Waals surface area (Å²) in [7, 11) is 1.66. The first kappa shape index (κ1) is 20.7. The van der Waals surface area contributed by atoms with Gasteiger partial charge in [0.1, 0.15) is 17.2 Å². The molecule has 2 spiro atoms. The van der Waals surface area contributed by atoms with Crippen LogP contribution in [0.1, 0.15) is 55.6 Å². The summed E-state index contributed by atoms with van der Waals surface area (Å²) in [6.07, 6.45) is 5.04. The molecule has 7 heteroatoms. The van der Waals surface area contributed by atoms with Crippen molar-refractivity contribution in [3.8, 4) is 16.9 Å². The van der Waals surface area contributed by atoms with Gasteiger partial charge in [-0.1, -0.05) is 18.6 Å². The van der Waals surface area contributed by atoms with E-state index in [9.17, 15) is 9.18 Å². The van der Waals surface area contributed by atoms with Crippen molar-refractivity contribution < 1.29 is 18.7 Å². The lowest BCUT2D eigenvalue weighted by Crippen LogP contribution is -2.53. The number of guanidine groups is 1. The van der Waals surface area contributed by atoms with Crippen LogP contribution in [0.2, 0.25) is 0 Å². The molecular formula is C26H28FN3O3. The molecule has 0 radical (unpaired) electrons. The maximum Gasteiger partial charge on any atom is 0.261 e. The normalized spacial score (nSPS) is 26.2. The number of fused-ring (bicyclic) bond motifs is 2. The van der Waals surface area contributed by atoms with Gasteiger partial charge in [0.2, 0.25) is 0 Å². The Labute approximate surface area is 192 Å². The smallest absolute Gasteiger partial charge is 0.261 e. The zero-order chi connectivity index (χ0) is 22.8. The van der Waals surface area contributed by atoms with Gasteiger partial charge in [-0.15, -0.1) is 0 Å². The molecule has 1 unspecified atom stereocenters. The van der Waals surface area contributed by atoms with E-state index in [2.05, 4.69) is 0 Å². The fraction of sp³-hybridized carbons (Fsp3) is 0.462. The molecule has 3 aliphatic heterocycles. The van der Waals surface area contributed by atoms with Crippen molar-refractivity contribution in [3.63, 3.8) is 0 Å². The Balaban J connectivity index is 1.48. The SMILES string of the molecule is CN1C(=O)C2(CC3(CCOCC3)Oc3ccc(-c4ccc(F)c(C5CCC5)c4)cc32)N=C1N. The van der Waals surface area contributed by atoms with Crippen LogP contribution in [0.4, 0.5) is 4.39 Å². The molecule has 33 heavy (non-hydrogen) atoms. The summed E-state index contributed by atoms with van der Waals surface area (Å²) in [5, 5.41) is 0. The third-order valence-corrected chi connectivity index (χ3v) is 7.92. The fourth-order valence-electron chi connectivity index (χ4n) is 5.72. The molecule has 2 aromatic carbocycles. The Morgan fingerprint density at radius 3 is 2.52 bits per heavy atom. The van der Waals surface area contributed by atoms with Gasteiger partial charge in [0.25, 0.3) is 5.91 Å². The number of amides is 1. The summed E-state index contributed by atoms with van der Waals surface area (Å²) in [6, 6.07) is 11.2. The highest BCUT2D eigenvalue weighted by Crippen LogP contribution is 2.52. The Morgan fingerprint density at radius 2 is 1.85 bits per heavy atom. The molecule has 6 nitrogen and oxygen atoms in total. The quantitative estimate of drug-likeness (QED) is 0.750. The number of rotatable bonds is 2. The van der Waals surface area contributed by atoms with Crippen LogP contribution >= 0.6 is 0 Å². The Kier molecular flexibility index (Phi) is 4.56. The van der Waals surface area contributed by atoms with E-state index < -0.39 is 11.1 Å². The predicted octanol–water partition coefficient (Wildman–Crippen LogP) is 4.07. The minimum absolute atomic E-state index is 0.137. The summed E-state index contributed by atoms with van der Waals surface area (Å²) < 4.78 is 26.6. The highest BCUT2D eigenvalue weighted by atomic mass is 19.1. The van der Waals surface area contributed by atoms with Gasteiger partial charge < -0.3 is 15.2 Å². The van der Waals surface area contributed by atoms with E-state index in [-0.39, 0.29) is 17.7 Å². The van der Waals surface area contributed by atoms with Crippen LogP contribution in [0.3, 0.4) is 0 Å². The zero-order valence-corrected chi connectivity index (χ0v) is 18.8. The van der Waals surface area contributed by atoms with E-state index in [1.165, 1.54) is 4.90 Å². The third-order valence-electron chi connectivity index (χ3n) is 7.92. The molecule has 1 saturated heterocycles. The molecular weight excluding hydrogens is 421 g/mol. The molecule has 1 aliphatic carbocycles. The standard InChI is InChI=1S/C26H28FN3O3/c1-30-23(31)26(29-24(30)28)15-25(9-11-32-12-10-25)33-22-8-6-18(14-20(22)26)17-5-7-21(27)19(13-17)16-3-2-4-16/h5-8,13-14,16H,2-4,9-12,15H2,1H3,(H2,28,29). The monoisotopic (exact) mass is 449 g/mol. The molecule has 6 rings (SSSR count). The van der Waals surface area contributed by atoms with E-state index >= 15 is 0 Å². The van der Waals surface area contributed by atoms with Crippen molar-refractivity contribution >= 4 is 11.9 Å². The van der Waals surface area contributed by atoms with Crippen LogP contribution in [0, 0.1) is 5.82 Å². The van der Waals surface area contributed by atoms with Gasteiger partial charge in [0.05, 0.1) is 13.2 Å². The Morgan fingerprint density at radius 1 is 1.12 bits per heavy atom. The van der Waals surface area contributed by atoms with E-state index in [1.54, 1.807) is 19.2 Å². The van der Waals surface area contributed by atoms with Gasteiger partial charge in [-0.3, -0.25) is 9.69 Å². The highest BCUT2D eigenvalue weighted by Gasteiger charge is 2.58. The van der Waals surface area contributed by atoms with E-state index in [0.29, 0.717) is 44.1 Å². The molecule has 1 amide bonds. The van der Waals surface area contributed by atoms with Crippen molar-refractivity contribution in [3.05, 3.63) is 53.3 Å². The number of benzene rings is 2. The van der Waals surface area contributed by atoms with Gasteiger partial charge >= 0.3 is 0 Å². The van der Waals surface area contributed by atoms with Gasteiger partial charge in [-0.05, 0) is 59.7 Å². The number of aliphatic imine (C=N–C) groups is 1. The van der Waals surface area contributed by atoms with Gasteiger partial charge in [0, 0.05) is 31.9 Å². The summed E-state index contributed by atoms with van der Waals surface area (Å²) in [5.74, 6) is 0.887. The van der Waals surface area contributed by atoms with E-state index in [4.69, 9.17) is 20.2 Å². The first-order valence-corrected chi connectivity index (χ1v) is 11.8. The molecule has 1 atom stereocenters. The van der Waals surface area contributed by atoms with Crippen LogP contribution in [-0.4, -0.2) is 42.6 Å². The zero-order valence-electron chi connectivity index (χ0n) is 18.8. The highest BCUT2D eigenvalue weighted by molar-refractivity contribution is 6.07. The lowest BCUT2D eigenvalue weighted by atomic mass is 9.73. The van der Waals surface area contributed by atoms with Crippen molar-refractivity contribution in [2.45, 2.75) is 55.6 Å². The topological polar surface area (TPSA) is 77.2 Å². The summed E-state index contributed by atoms with van der Waals surface area (Å²) in [4.78, 5) is 19.7. The fourth-order valence-corrected chi connectivity index (χ4v) is 5.72. The molecule has 0 aromatic heterocycles. The average molecular weight is 450 g/mol. The number of hydrogen-bond acceptors (Lipinski definition) is 5. The molecule has 172 valence electrons. The first-order valence-electron chi connectivity index (χ1n) is 11.8. The van der Waals surface area contributed by atoms with Crippen molar-refractivity contribution in [1.82, 2.24) is 4.90 Å². The maximum absolute atomic E-state index is 14.5. The average Bonchev–Trinajstić information content (AvgIpc) is 2.98. The number of hydrogen-bond donors (Lipinski definition) is 1. The first-order chi connectivity index (χ1) is 15.9. The summed E-state index contributed by atoms with van der Waals surface area (Å²) in [6.45, 7) is 1.18. The van der Waals surface area contributed by atoms with Crippen molar-refractivity contribution in [1.29, 1.82) is 0 Å². The molecule has 2 aromatic rings. The van der Waals surface area contributed by atoms with Crippen LogP contribution in [0.15, 0.2) is 41.4 Å². The largest absolute Gasteiger partial charge is 0.487 e. The second kappa shape index (κ2) is 7.29. The van der Waals surface area contributed by atoms with Crippen molar-refractivity contribution in [2.24, 2.45) is 10.7 Å². The Bertz CT molecular complexity index is 1170. The minimum atomic E-state index is -1.11. The number of ether oxygens (including phenoxy) is 2. The third kappa shape index (κ3) is 3.09. The lowest BCUT2D eigenvalue weighted by Gasteiger charge is -2.46. The number of carbonyl (C=O) groups is 1. The number of nitrogens with two attached hydrogens (primary N) is 1. The van der Waals surface area contributed by atoms with Gasteiger partial charge in [-0.2, -0.15) is 0 Å². The molecule has 0 bridgehead atoms.